The number of carbonyl (C=O) groups is 1. The Hall–Kier alpha value is -2.71. The fourth-order valence-corrected chi connectivity index (χ4v) is 5.19. The molecule has 1 aliphatic heterocycles. The number of H-pyrrole nitrogens is 1. The lowest BCUT2D eigenvalue weighted by Gasteiger charge is -2.28. The first-order chi connectivity index (χ1) is 15.0. The molecule has 1 atom stereocenters. The van der Waals surface area contributed by atoms with Crippen molar-refractivity contribution in [1.82, 2.24) is 20.2 Å². The number of aryl methyl sites for hydroxylation is 2. The molecule has 1 fully saturated rings. The summed E-state index contributed by atoms with van der Waals surface area (Å²) in [5, 5.41) is 3.67. The molecule has 8 heteroatoms. The van der Waals surface area contributed by atoms with E-state index in [9.17, 15) is 9.59 Å². The first-order valence-electron chi connectivity index (χ1n) is 10.6. The van der Waals surface area contributed by atoms with Gasteiger partial charge in [-0.3, -0.25) is 14.5 Å². The lowest BCUT2D eigenvalue weighted by molar-refractivity contribution is -0.120. The Morgan fingerprint density at radius 2 is 1.97 bits per heavy atom. The normalized spacial score (nSPS) is 15.3. The van der Waals surface area contributed by atoms with Gasteiger partial charge in [0.25, 0.3) is 5.56 Å². The summed E-state index contributed by atoms with van der Waals surface area (Å²) in [6.07, 6.45) is 2.40. The fourth-order valence-electron chi connectivity index (χ4n) is 4.15. The minimum Gasteiger partial charge on any atom is -0.497 e. The van der Waals surface area contributed by atoms with Gasteiger partial charge in [-0.15, -0.1) is 11.3 Å². The van der Waals surface area contributed by atoms with Crippen LogP contribution in [0.2, 0.25) is 0 Å². The molecular formula is C23H28N4O3S. The van der Waals surface area contributed by atoms with Crippen molar-refractivity contribution in [1.29, 1.82) is 0 Å². The highest BCUT2D eigenvalue weighted by Crippen LogP contribution is 2.27. The number of fused-ring (bicyclic) bond motifs is 1. The van der Waals surface area contributed by atoms with Gasteiger partial charge in [0.15, 0.2) is 0 Å². The van der Waals surface area contributed by atoms with Gasteiger partial charge in [0.2, 0.25) is 5.91 Å². The standard InChI is InChI=1S/C23H28N4O3S/c1-14-15(2)31-23-21(14)22(29)25-19(26-23)12-20(28)24-13-18(27-10-4-5-11-27)16-6-8-17(30-3)9-7-16/h6-9,18H,4-5,10-13H2,1-3H3,(H,24,28)(H,25,26,29)/t18-/m0/s1. The van der Waals surface area contributed by atoms with E-state index in [2.05, 4.69) is 32.3 Å². The van der Waals surface area contributed by atoms with Crippen LogP contribution >= 0.6 is 11.3 Å². The van der Waals surface area contributed by atoms with Crippen LogP contribution in [0.1, 0.15) is 40.7 Å². The van der Waals surface area contributed by atoms with Gasteiger partial charge in [-0.2, -0.15) is 0 Å². The molecule has 2 N–H and O–H groups in total. The first-order valence-corrected chi connectivity index (χ1v) is 11.4. The SMILES string of the molecule is COc1ccc([C@H](CNC(=O)Cc2nc3sc(C)c(C)c3c(=O)[nH]2)N2CCCC2)cc1. The summed E-state index contributed by atoms with van der Waals surface area (Å²) in [5.74, 6) is 1.07. The second kappa shape index (κ2) is 9.20. The molecule has 3 aromatic rings. The summed E-state index contributed by atoms with van der Waals surface area (Å²) in [6, 6.07) is 8.13. The average Bonchev–Trinajstić information content (AvgIpc) is 3.37. The highest BCUT2D eigenvalue weighted by atomic mass is 32.1. The van der Waals surface area contributed by atoms with Gasteiger partial charge in [-0.05, 0) is 63.0 Å². The second-order valence-electron chi connectivity index (χ2n) is 7.99. The van der Waals surface area contributed by atoms with Crippen LogP contribution in [-0.4, -0.2) is 47.5 Å². The van der Waals surface area contributed by atoms with Crippen LogP contribution in [0, 0.1) is 13.8 Å². The Morgan fingerprint density at radius 3 is 2.65 bits per heavy atom. The number of methoxy groups -OCH3 is 1. The van der Waals surface area contributed by atoms with Crippen LogP contribution in [0.4, 0.5) is 0 Å². The highest BCUT2D eigenvalue weighted by Gasteiger charge is 2.24. The number of likely N-dealkylation sites (tertiary alicyclic amines) is 1. The average molecular weight is 441 g/mol. The summed E-state index contributed by atoms with van der Waals surface area (Å²) in [7, 11) is 1.65. The second-order valence-corrected chi connectivity index (χ2v) is 9.19. The van der Waals surface area contributed by atoms with E-state index in [1.807, 2.05) is 26.0 Å². The number of hydrogen-bond acceptors (Lipinski definition) is 6. The summed E-state index contributed by atoms with van der Waals surface area (Å²) >= 11 is 1.49. The molecule has 31 heavy (non-hydrogen) atoms. The number of thiophene rings is 1. The maximum atomic E-state index is 12.7. The zero-order valence-electron chi connectivity index (χ0n) is 18.2. The van der Waals surface area contributed by atoms with E-state index in [0.717, 1.165) is 34.8 Å². The van der Waals surface area contributed by atoms with Crippen LogP contribution in [0.3, 0.4) is 0 Å². The van der Waals surface area contributed by atoms with E-state index in [0.29, 0.717) is 22.6 Å². The zero-order valence-corrected chi connectivity index (χ0v) is 19.0. The van der Waals surface area contributed by atoms with Crippen LogP contribution < -0.4 is 15.6 Å². The quantitative estimate of drug-likeness (QED) is 0.590. The molecule has 0 spiro atoms. The van der Waals surface area contributed by atoms with E-state index in [1.54, 1.807) is 7.11 Å². The van der Waals surface area contributed by atoms with Crippen molar-refractivity contribution in [2.24, 2.45) is 0 Å². The lowest BCUT2D eigenvalue weighted by Crippen LogP contribution is -2.37. The molecule has 4 rings (SSSR count). The molecule has 2 aromatic heterocycles. The van der Waals surface area contributed by atoms with Gasteiger partial charge >= 0.3 is 0 Å². The third-order valence-electron chi connectivity index (χ3n) is 5.99. The predicted octanol–water partition coefficient (Wildman–Crippen LogP) is 3.11. The van der Waals surface area contributed by atoms with E-state index in [1.165, 1.54) is 24.2 Å². The minimum absolute atomic E-state index is 0.0521. The number of ether oxygens (including phenoxy) is 1. The number of benzene rings is 1. The van der Waals surface area contributed by atoms with Crippen molar-refractivity contribution in [3.8, 4) is 5.75 Å². The van der Waals surface area contributed by atoms with Crippen LogP contribution in [0.15, 0.2) is 29.1 Å². The molecule has 0 bridgehead atoms. The number of nitrogens with one attached hydrogen (secondary N) is 2. The number of carbonyl (C=O) groups excluding carboxylic acids is 1. The van der Waals surface area contributed by atoms with Crippen LogP contribution in [-0.2, 0) is 11.2 Å². The summed E-state index contributed by atoms with van der Waals surface area (Å²) < 4.78 is 5.27. The van der Waals surface area contributed by atoms with Crippen molar-refractivity contribution in [2.75, 3.05) is 26.7 Å². The Kier molecular flexibility index (Phi) is 6.38. The topological polar surface area (TPSA) is 87.3 Å². The van der Waals surface area contributed by atoms with E-state index in [4.69, 9.17) is 4.74 Å². The molecule has 1 amide bonds. The van der Waals surface area contributed by atoms with Gasteiger partial charge in [0.1, 0.15) is 16.4 Å². The van der Waals surface area contributed by atoms with Crippen LogP contribution in [0.25, 0.3) is 10.2 Å². The molecule has 1 saturated heterocycles. The largest absolute Gasteiger partial charge is 0.497 e. The van der Waals surface area contributed by atoms with Crippen molar-refractivity contribution >= 4 is 27.5 Å². The molecule has 164 valence electrons. The molecule has 1 aromatic carbocycles. The Balaban J connectivity index is 1.46. The number of amides is 1. The maximum absolute atomic E-state index is 12.7. The van der Waals surface area contributed by atoms with Crippen molar-refractivity contribution in [3.63, 3.8) is 0 Å². The van der Waals surface area contributed by atoms with Gasteiger partial charge in [0.05, 0.1) is 25.0 Å². The van der Waals surface area contributed by atoms with Crippen molar-refractivity contribution in [3.05, 3.63) is 56.4 Å². The molecule has 0 saturated carbocycles. The lowest BCUT2D eigenvalue weighted by atomic mass is 10.1. The number of aromatic nitrogens is 2. The van der Waals surface area contributed by atoms with Crippen molar-refractivity contribution in [2.45, 2.75) is 39.2 Å². The number of rotatable bonds is 7. The Morgan fingerprint density at radius 1 is 1.26 bits per heavy atom. The number of aromatic amines is 1. The summed E-state index contributed by atoms with van der Waals surface area (Å²) in [4.78, 5) is 36.6. The smallest absolute Gasteiger partial charge is 0.259 e. The molecule has 0 radical (unpaired) electrons. The Bertz CT molecular complexity index is 1130. The molecular weight excluding hydrogens is 412 g/mol. The monoisotopic (exact) mass is 440 g/mol. The first kappa shape index (κ1) is 21.5. The molecule has 3 heterocycles. The van der Waals surface area contributed by atoms with E-state index in [-0.39, 0.29) is 23.9 Å². The number of hydrogen-bond donors (Lipinski definition) is 2. The van der Waals surface area contributed by atoms with E-state index >= 15 is 0 Å². The Labute approximate surface area is 185 Å². The van der Waals surface area contributed by atoms with E-state index < -0.39 is 0 Å². The third kappa shape index (κ3) is 4.65. The highest BCUT2D eigenvalue weighted by molar-refractivity contribution is 7.18. The summed E-state index contributed by atoms with van der Waals surface area (Å²) in [5.41, 5.74) is 1.93. The van der Waals surface area contributed by atoms with Gasteiger partial charge in [-0.1, -0.05) is 12.1 Å². The third-order valence-corrected chi connectivity index (χ3v) is 7.09. The predicted molar refractivity (Wildman–Crippen MR) is 123 cm³/mol. The van der Waals surface area contributed by atoms with Crippen LogP contribution in [0.5, 0.6) is 5.75 Å². The van der Waals surface area contributed by atoms with Gasteiger partial charge in [0, 0.05) is 11.4 Å². The molecule has 0 unspecified atom stereocenters. The zero-order chi connectivity index (χ0) is 22.0. The summed E-state index contributed by atoms with van der Waals surface area (Å²) in [6.45, 7) is 6.46. The van der Waals surface area contributed by atoms with Gasteiger partial charge < -0.3 is 15.0 Å². The maximum Gasteiger partial charge on any atom is 0.259 e. The fraction of sp³-hybridized carbons (Fsp3) is 0.435. The van der Waals surface area contributed by atoms with Crippen molar-refractivity contribution < 1.29 is 9.53 Å². The molecule has 7 nitrogen and oxygen atoms in total. The van der Waals surface area contributed by atoms with Gasteiger partial charge in [-0.25, -0.2) is 4.98 Å². The molecule has 1 aliphatic rings. The number of nitrogens with zero attached hydrogens (tertiary/aromatic N) is 2. The minimum atomic E-state index is -0.178. The molecule has 0 aliphatic carbocycles.